The van der Waals surface area contributed by atoms with Crippen LogP contribution in [0.4, 0.5) is 4.79 Å². The summed E-state index contributed by atoms with van der Waals surface area (Å²) in [5, 5.41) is 12.4. The molecule has 0 heterocycles. The number of ether oxygens (including phenoxy) is 2. The summed E-state index contributed by atoms with van der Waals surface area (Å²) in [6.45, 7) is 3.99. The van der Waals surface area contributed by atoms with Crippen molar-refractivity contribution in [2.75, 3.05) is 13.7 Å². The van der Waals surface area contributed by atoms with E-state index in [1.807, 2.05) is 62.4 Å². The van der Waals surface area contributed by atoms with Gasteiger partial charge in [0.1, 0.15) is 6.04 Å². The van der Waals surface area contributed by atoms with E-state index in [0.29, 0.717) is 0 Å². The topological polar surface area (TPSA) is 84.9 Å². The van der Waals surface area contributed by atoms with Crippen molar-refractivity contribution in [3.8, 4) is 11.1 Å². The van der Waals surface area contributed by atoms with E-state index >= 15 is 0 Å². The molecular weight excluding hydrogens is 358 g/mol. The van der Waals surface area contributed by atoms with Crippen molar-refractivity contribution in [3.63, 3.8) is 0 Å². The Balaban J connectivity index is 2.09. The molecule has 0 bridgehead atoms. The maximum absolute atomic E-state index is 12.1. The second-order valence-electron chi connectivity index (χ2n) is 7.15. The molecule has 0 spiro atoms. The molecule has 0 saturated heterocycles. The first-order valence-corrected chi connectivity index (χ1v) is 9.31. The van der Waals surface area contributed by atoms with Gasteiger partial charge in [0.05, 0.1) is 19.8 Å². The molecule has 3 rings (SSSR count). The number of carboxylic acid groups (broad SMARTS) is 1. The Kier molecular flexibility index (Phi) is 5.99. The molecule has 0 radical (unpaired) electrons. The average molecular weight is 383 g/mol. The van der Waals surface area contributed by atoms with Gasteiger partial charge in [-0.15, -0.1) is 0 Å². The molecule has 6 nitrogen and oxygen atoms in total. The highest BCUT2D eigenvalue weighted by Gasteiger charge is 2.42. The minimum Gasteiger partial charge on any atom is -0.480 e. The van der Waals surface area contributed by atoms with Crippen molar-refractivity contribution in [1.29, 1.82) is 0 Å². The molecule has 2 atom stereocenters. The smallest absolute Gasteiger partial charge is 0.407 e. The number of benzene rings is 2. The second-order valence-corrected chi connectivity index (χ2v) is 7.15. The number of rotatable bonds is 7. The Morgan fingerprint density at radius 3 is 2.04 bits per heavy atom. The zero-order valence-electron chi connectivity index (χ0n) is 16.2. The molecule has 28 heavy (non-hydrogen) atoms. The van der Waals surface area contributed by atoms with Gasteiger partial charge in [-0.25, -0.2) is 9.59 Å². The quantitative estimate of drug-likeness (QED) is 0.762. The van der Waals surface area contributed by atoms with E-state index < -0.39 is 24.0 Å². The van der Waals surface area contributed by atoms with Crippen LogP contribution in [0.25, 0.3) is 11.1 Å². The van der Waals surface area contributed by atoms with Gasteiger partial charge in [-0.3, -0.25) is 0 Å². The van der Waals surface area contributed by atoms with Crippen LogP contribution in [0.15, 0.2) is 48.5 Å². The lowest BCUT2D eigenvalue weighted by atomic mass is 9.80. The van der Waals surface area contributed by atoms with E-state index in [2.05, 4.69) is 10.1 Å². The van der Waals surface area contributed by atoms with Gasteiger partial charge in [-0.1, -0.05) is 48.5 Å². The molecule has 0 aromatic heterocycles. The van der Waals surface area contributed by atoms with Crippen LogP contribution in [-0.2, 0) is 14.3 Å². The van der Waals surface area contributed by atoms with Crippen LogP contribution in [0, 0.1) is 5.92 Å². The number of carboxylic acids is 1. The highest BCUT2D eigenvalue weighted by atomic mass is 16.5. The predicted octanol–water partition coefficient (Wildman–Crippen LogP) is 3.65. The maximum Gasteiger partial charge on any atom is 0.407 e. The van der Waals surface area contributed by atoms with Gasteiger partial charge in [0, 0.05) is 11.8 Å². The summed E-state index contributed by atoms with van der Waals surface area (Å²) < 4.78 is 10.5. The molecular formula is C22H25NO5. The average Bonchev–Trinajstić information content (AvgIpc) is 3.01. The molecule has 0 fully saturated rings. The van der Waals surface area contributed by atoms with Gasteiger partial charge in [-0.05, 0) is 36.1 Å². The van der Waals surface area contributed by atoms with Gasteiger partial charge >= 0.3 is 12.1 Å². The van der Waals surface area contributed by atoms with Gasteiger partial charge < -0.3 is 19.9 Å². The first-order chi connectivity index (χ1) is 13.4. The Hall–Kier alpha value is -2.86. The zero-order valence-corrected chi connectivity index (χ0v) is 16.2. The monoisotopic (exact) mass is 383 g/mol. The highest BCUT2D eigenvalue weighted by Crippen LogP contribution is 2.49. The number of aliphatic carboxylic acids is 1. The van der Waals surface area contributed by atoms with Crippen molar-refractivity contribution < 1.29 is 24.2 Å². The third-order valence-corrected chi connectivity index (χ3v) is 5.08. The number of nitrogens with one attached hydrogen (secondary N) is 1. The maximum atomic E-state index is 12.1. The van der Waals surface area contributed by atoms with Crippen molar-refractivity contribution in [3.05, 3.63) is 59.7 Å². The fourth-order valence-corrected chi connectivity index (χ4v) is 3.88. The number of fused-ring (bicyclic) bond motifs is 3. The van der Waals surface area contributed by atoms with E-state index in [0.717, 1.165) is 22.3 Å². The molecule has 2 aromatic carbocycles. The van der Waals surface area contributed by atoms with E-state index in [-0.39, 0.29) is 18.6 Å². The summed E-state index contributed by atoms with van der Waals surface area (Å²) in [4.78, 5) is 23.9. The number of hydrogen-bond acceptors (Lipinski definition) is 4. The largest absolute Gasteiger partial charge is 0.480 e. The van der Waals surface area contributed by atoms with E-state index in [4.69, 9.17) is 4.74 Å². The molecule has 2 unspecified atom stereocenters. The van der Waals surface area contributed by atoms with Crippen LogP contribution >= 0.6 is 0 Å². The van der Waals surface area contributed by atoms with Gasteiger partial charge in [0.15, 0.2) is 0 Å². The van der Waals surface area contributed by atoms with Crippen LogP contribution in [0.5, 0.6) is 0 Å². The summed E-state index contributed by atoms with van der Waals surface area (Å²) in [5.41, 5.74) is 4.25. The van der Waals surface area contributed by atoms with Gasteiger partial charge in [0.25, 0.3) is 0 Å². The molecule has 6 heteroatoms. The van der Waals surface area contributed by atoms with Crippen molar-refractivity contribution in [1.82, 2.24) is 5.32 Å². The van der Waals surface area contributed by atoms with E-state index in [1.165, 1.54) is 7.11 Å². The Labute approximate surface area is 164 Å². The summed E-state index contributed by atoms with van der Waals surface area (Å²) in [7, 11) is 1.22. The molecule has 0 aliphatic heterocycles. The molecule has 1 amide bonds. The number of amides is 1. The van der Waals surface area contributed by atoms with Crippen molar-refractivity contribution in [2.45, 2.75) is 31.9 Å². The Bertz CT molecular complexity index is 818. The highest BCUT2D eigenvalue weighted by molar-refractivity contribution is 5.83. The number of alkyl carbamates (subject to hydrolysis) is 1. The first kappa shape index (κ1) is 19.9. The SMILES string of the molecule is COC(=O)NC(C(=O)O)C(COC(C)C)C1c2ccccc2-c2ccccc21. The third kappa shape index (κ3) is 3.87. The minimum atomic E-state index is -1.16. The number of carbonyl (C=O) groups excluding carboxylic acids is 1. The summed E-state index contributed by atoms with van der Waals surface area (Å²) >= 11 is 0. The Morgan fingerprint density at radius 2 is 1.57 bits per heavy atom. The lowest BCUT2D eigenvalue weighted by molar-refractivity contribution is -0.142. The summed E-state index contributed by atoms with van der Waals surface area (Å²) in [6.07, 6.45) is -0.844. The zero-order chi connectivity index (χ0) is 20.3. The Morgan fingerprint density at radius 1 is 1.04 bits per heavy atom. The normalized spacial score (nSPS) is 14.9. The first-order valence-electron chi connectivity index (χ1n) is 9.31. The summed E-state index contributed by atoms with van der Waals surface area (Å²) in [5.74, 6) is -1.85. The summed E-state index contributed by atoms with van der Waals surface area (Å²) in [6, 6.07) is 14.8. The predicted molar refractivity (Wildman–Crippen MR) is 105 cm³/mol. The van der Waals surface area contributed by atoms with E-state index in [1.54, 1.807) is 0 Å². The number of carbonyl (C=O) groups is 2. The number of hydrogen-bond donors (Lipinski definition) is 2. The van der Waals surface area contributed by atoms with Gasteiger partial charge in [0.2, 0.25) is 0 Å². The fourth-order valence-electron chi connectivity index (χ4n) is 3.88. The second kappa shape index (κ2) is 8.44. The molecule has 148 valence electrons. The van der Waals surface area contributed by atoms with Crippen LogP contribution in [-0.4, -0.2) is 43.0 Å². The van der Waals surface area contributed by atoms with Crippen molar-refractivity contribution in [2.24, 2.45) is 5.92 Å². The van der Waals surface area contributed by atoms with Crippen molar-refractivity contribution >= 4 is 12.1 Å². The third-order valence-electron chi connectivity index (χ3n) is 5.08. The number of methoxy groups -OCH3 is 1. The van der Waals surface area contributed by atoms with Crippen LogP contribution < -0.4 is 5.32 Å². The molecule has 2 aromatic rings. The molecule has 1 aliphatic carbocycles. The van der Waals surface area contributed by atoms with E-state index in [9.17, 15) is 14.7 Å². The lowest BCUT2D eigenvalue weighted by Crippen LogP contribution is -2.49. The molecule has 2 N–H and O–H groups in total. The standard InChI is InChI=1S/C22H25NO5/c1-13(2)28-12-18(20(21(24)25)23-22(26)27-3)19-16-10-6-4-8-14(16)15-9-5-7-11-17(15)19/h4-11,13,18-20H,12H2,1-3H3,(H,23,26)(H,24,25). The van der Waals surface area contributed by atoms with Crippen LogP contribution in [0.3, 0.4) is 0 Å². The fraction of sp³-hybridized carbons (Fsp3) is 0.364. The molecule has 1 aliphatic rings. The lowest BCUT2D eigenvalue weighted by Gasteiger charge is -2.31. The minimum absolute atomic E-state index is 0.0676. The van der Waals surface area contributed by atoms with Crippen LogP contribution in [0.1, 0.15) is 30.9 Å². The van der Waals surface area contributed by atoms with Gasteiger partial charge in [-0.2, -0.15) is 0 Å². The van der Waals surface area contributed by atoms with Crippen LogP contribution in [0.2, 0.25) is 0 Å². The molecule has 0 saturated carbocycles.